The lowest BCUT2D eigenvalue weighted by Gasteiger charge is -2.01. The second kappa shape index (κ2) is 14.2. The second-order valence-corrected chi connectivity index (χ2v) is 4.34. The molecule has 0 aromatic carbocycles. The van der Waals surface area contributed by atoms with Gasteiger partial charge in [0.1, 0.15) is 6.61 Å². The molecule has 0 heterocycles. The van der Waals surface area contributed by atoms with E-state index in [2.05, 4.69) is 16.8 Å². The van der Waals surface area contributed by atoms with Crippen molar-refractivity contribution in [2.45, 2.75) is 58.3 Å². The van der Waals surface area contributed by atoms with Gasteiger partial charge in [-0.25, -0.2) is 0 Å². The van der Waals surface area contributed by atoms with Crippen LogP contribution in [-0.4, -0.2) is 13.2 Å². The van der Waals surface area contributed by atoms with E-state index in [0.29, 0.717) is 6.61 Å². The molecule has 0 amide bonds. The summed E-state index contributed by atoms with van der Waals surface area (Å²) in [6.07, 6.45) is 10.8. The van der Waals surface area contributed by atoms with Gasteiger partial charge in [-0.2, -0.15) is 0 Å². The van der Waals surface area contributed by atoms with Crippen molar-refractivity contribution in [3.8, 4) is 9.85 Å². The Morgan fingerprint density at radius 3 is 2.13 bits per heavy atom. The van der Waals surface area contributed by atoms with Crippen molar-refractivity contribution in [3.05, 3.63) is 0 Å². The molecule has 0 radical (unpaired) electrons. The van der Waals surface area contributed by atoms with E-state index in [0.717, 1.165) is 6.61 Å². The van der Waals surface area contributed by atoms with Gasteiger partial charge in [0.15, 0.2) is 0 Å². The van der Waals surface area contributed by atoms with E-state index in [4.69, 9.17) is 4.74 Å². The van der Waals surface area contributed by atoms with E-state index >= 15 is 0 Å². The number of hydrogen-bond acceptors (Lipinski definition) is 1. The molecule has 0 saturated carbocycles. The molecule has 0 fully saturated rings. The van der Waals surface area contributed by atoms with E-state index in [-0.39, 0.29) is 0 Å². The predicted molar refractivity (Wildman–Crippen MR) is 75.2 cm³/mol. The highest BCUT2D eigenvalue weighted by Crippen LogP contribution is 2.08. The summed E-state index contributed by atoms with van der Waals surface area (Å²) in [6.45, 7) is 3.73. The summed E-state index contributed by atoms with van der Waals surface area (Å²) in [6, 6.07) is 0. The summed E-state index contributed by atoms with van der Waals surface area (Å²) in [5.41, 5.74) is 0. The van der Waals surface area contributed by atoms with E-state index in [9.17, 15) is 0 Å². The first-order valence-corrected chi connectivity index (χ1v) is 7.16. The first kappa shape index (κ1) is 15.2. The average molecular weight is 322 g/mol. The summed E-state index contributed by atoms with van der Waals surface area (Å²) < 4.78 is 8.13. The van der Waals surface area contributed by atoms with Gasteiger partial charge >= 0.3 is 0 Å². The van der Waals surface area contributed by atoms with Gasteiger partial charge in [-0.15, -0.1) is 0 Å². The van der Waals surface area contributed by atoms with Crippen molar-refractivity contribution in [2.24, 2.45) is 0 Å². The SMILES string of the molecule is CCCCCCCCCCOCC#CI. The van der Waals surface area contributed by atoms with Crippen molar-refractivity contribution >= 4 is 22.6 Å². The number of unbranched alkanes of at least 4 members (excludes halogenated alkanes) is 7. The van der Waals surface area contributed by atoms with Gasteiger partial charge in [0, 0.05) is 29.2 Å². The van der Waals surface area contributed by atoms with Crippen LogP contribution in [0.2, 0.25) is 0 Å². The second-order valence-electron chi connectivity index (χ2n) is 3.80. The number of ether oxygens (including phenoxy) is 1. The van der Waals surface area contributed by atoms with Gasteiger partial charge in [-0.05, 0) is 10.3 Å². The zero-order valence-corrected chi connectivity index (χ0v) is 12.0. The maximum absolute atomic E-state index is 5.34. The summed E-state index contributed by atoms with van der Waals surface area (Å²) >= 11 is 2.04. The lowest BCUT2D eigenvalue weighted by molar-refractivity contribution is 0.162. The molecule has 0 aromatic rings. The maximum Gasteiger partial charge on any atom is 0.108 e. The fourth-order valence-corrected chi connectivity index (χ4v) is 1.64. The fourth-order valence-electron chi connectivity index (χ4n) is 1.49. The number of halogens is 1. The first-order valence-electron chi connectivity index (χ1n) is 6.08. The highest BCUT2D eigenvalue weighted by molar-refractivity contribution is 14.1. The Bertz CT molecular complexity index is 169. The van der Waals surface area contributed by atoms with Crippen LogP contribution in [0.25, 0.3) is 0 Å². The molecule has 1 nitrogen and oxygen atoms in total. The third kappa shape index (κ3) is 14.2. The topological polar surface area (TPSA) is 9.23 Å². The molecule has 0 aliphatic rings. The van der Waals surface area contributed by atoms with Crippen molar-refractivity contribution in [3.63, 3.8) is 0 Å². The molecule has 0 N–H and O–H groups in total. The van der Waals surface area contributed by atoms with Gasteiger partial charge in [-0.3, -0.25) is 0 Å². The van der Waals surface area contributed by atoms with Crippen LogP contribution in [0.4, 0.5) is 0 Å². The van der Waals surface area contributed by atoms with Crippen LogP contribution in [0.5, 0.6) is 0 Å². The Kier molecular flexibility index (Phi) is 14.5. The minimum Gasteiger partial charge on any atom is -0.369 e. The Morgan fingerprint density at radius 1 is 0.933 bits per heavy atom. The van der Waals surface area contributed by atoms with Gasteiger partial charge in [0.05, 0.1) is 0 Å². The van der Waals surface area contributed by atoms with Crippen LogP contribution >= 0.6 is 22.6 Å². The smallest absolute Gasteiger partial charge is 0.108 e. The van der Waals surface area contributed by atoms with Crippen LogP contribution in [-0.2, 0) is 4.74 Å². The minimum atomic E-state index is 0.597. The first-order chi connectivity index (χ1) is 7.41. The lowest BCUT2D eigenvalue weighted by atomic mass is 10.1. The molecule has 0 bridgehead atoms. The predicted octanol–water partition coefficient (Wildman–Crippen LogP) is 4.54. The molecular formula is C13H23IO. The molecule has 0 aliphatic carbocycles. The molecule has 2 heteroatoms. The highest BCUT2D eigenvalue weighted by atomic mass is 127. The number of rotatable bonds is 10. The molecule has 0 spiro atoms. The Balaban J connectivity index is 2.88. The largest absolute Gasteiger partial charge is 0.369 e. The highest BCUT2D eigenvalue weighted by Gasteiger charge is 1.91. The molecule has 0 aromatic heterocycles. The summed E-state index contributed by atoms with van der Waals surface area (Å²) in [5, 5.41) is 0. The zero-order chi connectivity index (χ0) is 11.2. The third-order valence-corrected chi connectivity index (χ3v) is 2.76. The van der Waals surface area contributed by atoms with Gasteiger partial charge in [0.25, 0.3) is 0 Å². The van der Waals surface area contributed by atoms with Crippen LogP contribution < -0.4 is 0 Å². The molecule has 0 unspecified atom stereocenters. The van der Waals surface area contributed by atoms with Gasteiger partial charge in [0.2, 0.25) is 0 Å². The van der Waals surface area contributed by atoms with E-state index in [1.54, 1.807) is 0 Å². The van der Waals surface area contributed by atoms with Crippen molar-refractivity contribution in [2.75, 3.05) is 13.2 Å². The summed E-state index contributed by atoms with van der Waals surface area (Å²) in [5.74, 6) is 2.89. The Labute approximate surface area is 108 Å². The Hall–Kier alpha value is 0.250. The Morgan fingerprint density at radius 2 is 1.53 bits per heavy atom. The van der Waals surface area contributed by atoms with Crippen molar-refractivity contribution in [1.82, 2.24) is 0 Å². The van der Waals surface area contributed by atoms with Gasteiger partial charge in [-0.1, -0.05) is 57.8 Å². The van der Waals surface area contributed by atoms with Crippen LogP contribution in [0, 0.1) is 9.85 Å². The average Bonchev–Trinajstić information content (AvgIpc) is 2.26. The van der Waals surface area contributed by atoms with Gasteiger partial charge < -0.3 is 4.74 Å². The monoisotopic (exact) mass is 322 g/mol. The van der Waals surface area contributed by atoms with Crippen LogP contribution in [0.1, 0.15) is 58.3 Å². The molecule has 0 aliphatic heterocycles. The molecule has 15 heavy (non-hydrogen) atoms. The van der Waals surface area contributed by atoms with E-state index in [1.165, 1.54) is 51.4 Å². The van der Waals surface area contributed by atoms with Crippen LogP contribution in [0.15, 0.2) is 0 Å². The standard InChI is InChI=1S/C13H23IO/c1-2-3-4-5-6-7-8-9-12-15-13-10-11-14/h2-9,12-13H2,1H3. The van der Waals surface area contributed by atoms with E-state index in [1.807, 2.05) is 22.6 Å². The molecule has 0 saturated heterocycles. The quantitative estimate of drug-likeness (QED) is 0.326. The maximum atomic E-state index is 5.34. The molecule has 88 valence electrons. The molecule has 0 atom stereocenters. The lowest BCUT2D eigenvalue weighted by Crippen LogP contribution is -1.94. The molecule has 0 rings (SSSR count). The van der Waals surface area contributed by atoms with E-state index < -0.39 is 0 Å². The normalized spacial score (nSPS) is 9.73. The molecular weight excluding hydrogens is 299 g/mol. The summed E-state index contributed by atoms with van der Waals surface area (Å²) in [4.78, 5) is 0. The third-order valence-electron chi connectivity index (χ3n) is 2.38. The fraction of sp³-hybridized carbons (Fsp3) is 0.846. The van der Waals surface area contributed by atoms with Crippen LogP contribution in [0.3, 0.4) is 0 Å². The minimum absolute atomic E-state index is 0.597. The van der Waals surface area contributed by atoms with Crippen molar-refractivity contribution < 1.29 is 4.74 Å². The summed E-state index contributed by atoms with van der Waals surface area (Å²) in [7, 11) is 0. The zero-order valence-electron chi connectivity index (χ0n) is 9.86. The number of hydrogen-bond donors (Lipinski definition) is 0. The van der Waals surface area contributed by atoms with Crippen molar-refractivity contribution in [1.29, 1.82) is 0 Å².